The Morgan fingerprint density at radius 3 is 2.61 bits per heavy atom. The van der Waals surface area contributed by atoms with E-state index in [1.54, 1.807) is 13.8 Å². The van der Waals surface area contributed by atoms with Crippen LogP contribution in [0.5, 0.6) is 0 Å². The summed E-state index contributed by atoms with van der Waals surface area (Å²) in [5.41, 5.74) is 0.961. The van der Waals surface area contributed by atoms with Gasteiger partial charge in [0.25, 0.3) is 5.91 Å². The van der Waals surface area contributed by atoms with Crippen molar-refractivity contribution in [2.45, 2.75) is 33.2 Å². The molecule has 1 fully saturated rings. The predicted molar refractivity (Wildman–Crippen MR) is 61.2 cm³/mol. The maximum Gasteiger partial charge on any atom is 0.310 e. The zero-order chi connectivity index (χ0) is 13.9. The van der Waals surface area contributed by atoms with Crippen molar-refractivity contribution < 1.29 is 24.3 Å². The zero-order valence-corrected chi connectivity index (χ0v) is 10.6. The van der Waals surface area contributed by atoms with Gasteiger partial charge >= 0.3 is 5.97 Å². The van der Waals surface area contributed by atoms with Crippen LogP contribution in [0.2, 0.25) is 0 Å². The second-order valence-electron chi connectivity index (χ2n) is 4.95. The number of amides is 2. The summed E-state index contributed by atoms with van der Waals surface area (Å²) >= 11 is 0. The summed E-state index contributed by atoms with van der Waals surface area (Å²) in [5, 5.41) is 11.6. The van der Waals surface area contributed by atoms with E-state index in [0.717, 1.165) is 0 Å². The average molecular weight is 258 g/mol. The number of carbonyl (C=O) groups is 3. The van der Waals surface area contributed by atoms with Gasteiger partial charge in [-0.25, -0.2) is 5.48 Å². The Morgan fingerprint density at radius 2 is 2.22 bits per heavy atom. The molecule has 0 bridgehead atoms. The van der Waals surface area contributed by atoms with E-state index in [1.807, 2.05) is 0 Å². The molecule has 0 radical (unpaired) electrons. The average Bonchev–Trinajstić information content (AvgIpc) is 2.63. The first-order chi connectivity index (χ1) is 8.27. The normalized spacial score (nSPS) is 22.4. The minimum absolute atomic E-state index is 0.0516. The molecule has 2 atom stereocenters. The highest BCUT2D eigenvalue weighted by atomic mass is 16.7. The molecular weight excluding hydrogens is 240 g/mol. The molecule has 0 aliphatic carbocycles. The summed E-state index contributed by atoms with van der Waals surface area (Å²) in [7, 11) is 0. The summed E-state index contributed by atoms with van der Waals surface area (Å²) in [5.74, 6) is -2.13. The molecule has 1 rings (SSSR count). The van der Waals surface area contributed by atoms with Gasteiger partial charge in [-0.05, 0) is 12.8 Å². The lowest BCUT2D eigenvalue weighted by Gasteiger charge is -2.28. The number of aliphatic carboxylic acids is 1. The van der Waals surface area contributed by atoms with Gasteiger partial charge < -0.3 is 10.4 Å². The monoisotopic (exact) mass is 258 g/mol. The third-order valence-electron chi connectivity index (χ3n) is 3.37. The van der Waals surface area contributed by atoms with Crippen molar-refractivity contribution >= 4 is 17.8 Å². The molecule has 0 aromatic carbocycles. The van der Waals surface area contributed by atoms with Crippen LogP contribution in [0.1, 0.15) is 27.2 Å². The van der Waals surface area contributed by atoms with Gasteiger partial charge in [-0.2, -0.15) is 0 Å². The second-order valence-corrected chi connectivity index (χ2v) is 4.95. The van der Waals surface area contributed by atoms with E-state index >= 15 is 0 Å². The van der Waals surface area contributed by atoms with Crippen molar-refractivity contribution in [1.29, 1.82) is 0 Å². The molecule has 1 heterocycles. The molecule has 1 aliphatic heterocycles. The lowest BCUT2D eigenvalue weighted by molar-refractivity contribution is -0.153. The first kappa shape index (κ1) is 14.4. The van der Waals surface area contributed by atoms with Gasteiger partial charge in [0, 0.05) is 6.42 Å². The summed E-state index contributed by atoms with van der Waals surface area (Å²) in [6.07, 6.45) is -0.177. The lowest BCUT2D eigenvalue weighted by Crippen LogP contribution is -2.45. The van der Waals surface area contributed by atoms with E-state index in [0.29, 0.717) is 0 Å². The van der Waals surface area contributed by atoms with Gasteiger partial charge in [-0.3, -0.25) is 19.2 Å². The number of carboxylic acid groups (broad SMARTS) is 1. The quantitative estimate of drug-likeness (QED) is 0.626. The molecule has 7 heteroatoms. The Bertz CT molecular complexity index is 368. The Morgan fingerprint density at radius 1 is 1.61 bits per heavy atom. The fraction of sp³-hybridized carbons (Fsp3) is 0.727. The highest BCUT2D eigenvalue weighted by Crippen LogP contribution is 2.31. The van der Waals surface area contributed by atoms with Crippen molar-refractivity contribution in [2.24, 2.45) is 11.3 Å². The number of hydrogen-bond acceptors (Lipinski definition) is 4. The van der Waals surface area contributed by atoms with E-state index in [9.17, 15) is 19.5 Å². The topological polar surface area (TPSA) is 105 Å². The molecule has 18 heavy (non-hydrogen) atoms. The number of rotatable bonds is 5. The van der Waals surface area contributed by atoms with Crippen molar-refractivity contribution in [3.8, 4) is 0 Å². The van der Waals surface area contributed by atoms with Crippen LogP contribution >= 0.6 is 0 Å². The number of hydroxylamine groups is 1. The molecule has 0 saturated carbocycles. The molecule has 0 aromatic heterocycles. The van der Waals surface area contributed by atoms with Gasteiger partial charge in [0.1, 0.15) is 12.6 Å². The summed E-state index contributed by atoms with van der Waals surface area (Å²) in [6, 6.07) is -0.747. The number of hydrogen-bond donors (Lipinski definition) is 3. The van der Waals surface area contributed by atoms with Crippen LogP contribution in [0.25, 0.3) is 0 Å². The maximum atomic E-state index is 11.8. The van der Waals surface area contributed by atoms with Crippen LogP contribution in [-0.2, 0) is 19.2 Å². The van der Waals surface area contributed by atoms with Crippen LogP contribution in [0.4, 0.5) is 0 Å². The van der Waals surface area contributed by atoms with E-state index in [2.05, 4.69) is 15.6 Å². The first-order valence-corrected chi connectivity index (χ1v) is 5.71. The van der Waals surface area contributed by atoms with E-state index in [-0.39, 0.29) is 18.9 Å². The lowest BCUT2D eigenvalue weighted by atomic mass is 9.76. The number of carbonyl (C=O) groups excluding carboxylic acids is 2. The van der Waals surface area contributed by atoms with Crippen molar-refractivity contribution in [3.05, 3.63) is 0 Å². The first-order valence-electron chi connectivity index (χ1n) is 5.71. The Kier molecular flexibility index (Phi) is 4.28. The minimum atomic E-state index is -1.15. The third kappa shape index (κ3) is 2.98. The predicted octanol–water partition coefficient (Wildman–Crippen LogP) is -0.330. The SMILES string of the molecule is CC(C)C(C)(CC(=O)N[C@@H]1CONC1=O)C(=O)O. The van der Waals surface area contributed by atoms with Crippen LogP contribution in [0, 0.1) is 11.3 Å². The fourth-order valence-electron chi connectivity index (χ4n) is 1.56. The third-order valence-corrected chi connectivity index (χ3v) is 3.37. The Balaban J connectivity index is 2.62. The van der Waals surface area contributed by atoms with E-state index in [1.165, 1.54) is 6.92 Å². The molecule has 2 amide bonds. The molecule has 3 N–H and O–H groups in total. The summed E-state index contributed by atoms with van der Waals surface area (Å²) in [6.45, 7) is 5.06. The second kappa shape index (κ2) is 5.34. The van der Waals surface area contributed by atoms with Crippen LogP contribution < -0.4 is 10.8 Å². The molecule has 1 unspecified atom stereocenters. The smallest absolute Gasteiger partial charge is 0.310 e. The van der Waals surface area contributed by atoms with E-state index in [4.69, 9.17) is 0 Å². The largest absolute Gasteiger partial charge is 0.481 e. The Hall–Kier alpha value is -1.63. The number of carboxylic acids is 1. The molecule has 1 saturated heterocycles. The van der Waals surface area contributed by atoms with Crippen LogP contribution in [0.15, 0.2) is 0 Å². The van der Waals surface area contributed by atoms with Crippen molar-refractivity contribution in [3.63, 3.8) is 0 Å². The van der Waals surface area contributed by atoms with Crippen LogP contribution in [0.3, 0.4) is 0 Å². The van der Waals surface area contributed by atoms with Crippen molar-refractivity contribution in [2.75, 3.05) is 6.61 Å². The molecular formula is C11H18N2O5. The summed E-state index contributed by atoms with van der Waals surface area (Å²) in [4.78, 5) is 38.8. The fourth-order valence-corrected chi connectivity index (χ4v) is 1.56. The highest BCUT2D eigenvalue weighted by molar-refractivity contribution is 5.90. The molecule has 0 spiro atoms. The number of nitrogens with one attached hydrogen (secondary N) is 2. The van der Waals surface area contributed by atoms with Gasteiger partial charge in [-0.15, -0.1) is 0 Å². The van der Waals surface area contributed by atoms with Crippen molar-refractivity contribution in [1.82, 2.24) is 10.8 Å². The van der Waals surface area contributed by atoms with Gasteiger partial charge in [-0.1, -0.05) is 13.8 Å². The maximum absolute atomic E-state index is 11.8. The molecule has 1 aliphatic rings. The molecule has 102 valence electrons. The zero-order valence-electron chi connectivity index (χ0n) is 10.6. The molecule has 0 aromatic rings. The van der Waals surface area contributed by atoms with E-state index < -0.39 is 29.2 Å². The van der Waals surface area contributed by atoms with Gasteiger partial charge in [0.05, 0.1) is 5.41 Å². The summed E-state index contributed by atoms with van der Waals surface area (Å²) < 4.78 is 0. The van der Waals surface area contributed by atoms with Crippen LogP contribution in [-0.4, -0.2) is 35.5 Å². The molecule has 7 nitrogen and oxygen atoms in total. The van der Waals surface area contributed by atoms with Gasteiger partial charge in [0.15, 0.2) is 0 Å². The van der Waals surface area contributed by atoms with Gasteiger partial charge in [0.2, 0.25) is 5.91 Å². The Labute approximate surface area is 105 Å². The minimum Gasteiger partial charge on any atom is -0.481 e. The highest BCUT2D eigenvalue weighted by Gasteiger charge is 2.39. The standard InChI is InChI=1S/C11H18N2O5/c1-6(2)11(3,10(16)17)4-8(14)12-7-5-18-13-9(7)15/h6-7H,4-5H2,1-3H3,(H,12,14)(H,13,15)(H,16,17)/t7-,11?/m1/s1.